The molecule has 0 radical (unpaired) electrons. The first-order chi connectivity index (χ1) is 14.8. The second-order valence-corrected chi connectivity index (χ2v) is 7.79. The molecule has 0 saturated heterocycles. The van der Waals surface area contributed by atoms with E-state index in [9.17, 15) is 14.2 Å². The zero-order valence-electron chi connectivity index (χ0n) is 18.5. The average molecular weight is 472 g/mol. The molecule has 0 spiro atoms. The average Bonchev–Trinajstić information content (AvgIpc) is 2.71. The third kappa shape index (κ3) is 20.5. The molecule has 0 aromatic heterocycles. The van der Waals surface area contributed by atoms with Crippen LogP contribution >= 0.6 is 7.82 Å². The summed E-state index contributed by atoms with van der Waals surface area (Å²) in [7, 11) is -1.30. The minimum Gasteiger partial charge on any atom is -0.382 e. The molecule has 0 bridgehead atoms. The molecule has 184 valence electrons. The largest absolute Gasteiger partial charge is 0.469 e. The van der Waals surface area contributed by atoms with E-state index in [1.54, 1.807) is 7.11 Å². The van der Waals surface area contributed by atoms with Gasteiger partial charge in [-0.1, -0.05) is 12.8 Å². The monoisotopic (exact) mass is 472 g/mol. The van der Waals surface area contributed by atoms with E-state index < -0.39 is 7.82 Å². The van der Waals surface area contributed by atoms with E-state index in [4.69, 9.17) is 28.7 Å². The summed E-state index contributed by atoms with van der Waals surface area (Å²) in [4.78, 5) is 43.1. The molecule has 0 unspecified atom stereocenters. The van der Waals surface area contributed by atoms with Crippen LogP contribution in [0.15, 0.2) is 0 Å². The third-order valence-corrected chi connectivity index (χ3v) is 4.45. The predicted molar refractivity (Wildman–Crippen MR) is 111 cm³/mol. The van der Waals surface area contributed by atoms with E-state index >= 15 is 0 Å². The molecule has 0 aromatic carbocycles. The second-order valence-electron chi connectivity index (χ2n) is 6.55. The van der Waals surface area contributed by atoms with Gasteiger partial charge in [-0.05, 0) is 12.8 Å². The summed E-state index contributed by atoms with van der Waals surface area (Å²) in [5, 5.41) is 2.76. The maximum absolute atomic E-state index is 12.3. The summed E-state index contributed by atoms with van der Waals surface area (Å²) in [5.41, 5.74) is 0. The maximum atomic E-state index is 12.3. The minimum absolute atomic E-state index is 0.00733. The minimum atomic E-state index is -4.41. The van der Waals surface area contributed by atoms with Crippen LogP contribution in [0.5, 0.6) is 0 Å². The van der Waals surface area contributed by atoms with Crippen LogP contribution in [0, 0.1) is 0 Å². The highest BCUT2D eigenvalue weighted by molar-refractivity contribution is 7.46. The van der Waals surface area contributed by atoms with Crippen molar-refractivity contribution in [3.8, 4) is 0 Å². The molecule has 0 aliphatic rings. The highest BCUT2D eigenvalue weighted by atomic mass is 31.2. The highest BCUT2D eigenvalue weighted by Gasteiger charge is 2.17. The van der Waals surface area contributed by atoms with Gasteiger partial charge in [0.05, 0.1) is 46.2 Å². The Bertz CT molecular complexity index is 518. The van der Waals surface area contributed by atoms with E-state index in [0.717, 1.165) is 12.8 Å². The van der Waals surface area contributed by atoms with Crippen molar-refractivity contribution in [2.45, 2.75) is 25.7 Å². The molecule has 0 saturated carbocycles. The van der Waals surface area contributed by atoms with Crippen molar-refractivity contribution in [2.75, 3.05) is 80.1 Å². The Kier molecular flexibility index (Phi) is 18.9. The Hall–Kier alpha value is -1.11. The number of hydrogen-bond donors (Lipinski definition) is 3. The van der Waals surface area contributed by atoms with Crippen LogP contribution in [-0.2, 0) is 37.6 Å². The summed E-state index contributed by atoms with van der Waals surface area (Å²) in [6.45, 7) is 2.21. The van der Waals surface area contributed by atoms with Gasteiger partial charge in [-0.25, -0.2) is 4.57 Å². The SMILES string of the molecule is COCCOCCN(CC(=O)NCCCCCCOP(=O)(O)O)C(=O)COCCOC. The smallest absolute Gasteiger partial charge is 0.382 e. The Morgan fingerprint density at radius 3 is 2.16 bits per heavy atom. The van der Waals surface area contributed by atoms with E-state index in [1.807, 2.05) is 0 Å². The lowest BCUT2D eigenvalue weighted by atomic mass is 10.2. The van der Waals surface area contributed by atoms with Gasteiger partial charge in [-0.2, -0.15) is 0 Å². The Morgan fingerprint density at radius 2 is 1.52 bits per heavy atom. The molecule has 0 atom stereocenters. The van der Waals surface area contributed by atoms with Gasteiger partial charge in [0.15, 0.2) is 0 Å². The normalized spacial score (nSPS) is 11.5. The molecule has 0 heterocycles. The molecule has 0 aliphatic carbocycles. The number of phosphoric ester groups is 1. The Morgan fingerprint density at radius 1 is 0.871 bits per heavy atom. The third-order valence-electron chi connectivity index (χ3n) is 3.93. The quantitative estimate of drug-likeness (QED) is 0.153. The predicted octanol–water partition coefficient (Wildman–Crippen LogP) is -0.0731. The van der Waals surface area contributed by atoms with Gasteiger partial charge in [0, 0.05) is 27.3 Å². The van der Waals surface area contributed by atoms with Gasteiger partial charge < -0.3 is 39.0 Å². The molecule has 0 aromatic rings. The van der Waals surface area contributed by atoms with E-state index in [2.05, 4.69) is 9.84 Å². The summed E-state index contributed by atoms with van der Waals surface area (Å²) in [5.74, 6) is -0.599. The number of carbonyl (C=O) groups is 2. The zero-order chi connectivity index (χ0) is 23.4. The number of nitrogens with one attached hydrogen (secondary N) is 1. The molecule has 31 heavy (non-hydrogen) atoms. The van der Waals surface area contributed by atoms with E-state index in [0.29, 0.717) is 39.2 Å². The fraction of sp³-hybridized carbons (Fsp3) is 0.889. The number of hydrogen-bond acceptors (Lipinski definition) is 8. The van der Waals surface area contributed by atoms with Crippen molar-refractivity contribution in [2.24, 2.45) is 0 Å². The first-order valence-corrected chi connectivity index (χ1v) is 11.7. The molecular formula is C18H37N2O10P. The topological polar surface area (TPSA) is 153 Å². The lowest BCUT2D eigenvalue weighted by molar-refractivity contribution is -0.141. The second kappa shape index (κ2) is 19.6. The molecule has 13 heteroatoms. The molecule has 3 N–H and O–H groups in total. The van der Waals surface area contributed by atoms with Crippen molar-refractivity contribution in [1.29, 1.82) is 0 Å². The Balaban J connectivity index is 4.14. The van der Waals surface area contributed by atoms with Crippen molar-refractivity contribution in [1.82, 2.24) is 10.2 Å². The first-order valence-electron chi connectivity index (χ1n) is 10.2. The van der Waals surface area contributed by atoms with Gasteiger partial charge in [0.25, 0.3) is 0 Å². The van der Waals surface area contributed by atoms with Gasteiger partial charge >= 0.3 is 7.82 Å². The van der Waals surface area contributed by atoms with Crippen molar-refractivity contribution < 1.29 is 47.4 Å². The van der Waals surface area contributed by atoms with E-state index in [-0.39, 0.29) is 51.3 Å². The molecule has 12 nitrogen and oxygen atoms in total. The fourth-order valence-corrected chi connectivity index (χ4v) is 2.69. The standard InChI is InChI=1S/C18H37N2O10P/c1-26-11-13-28-10-8-20(18(22)16-29-14-12-27-2)15-17(21)19-7-5-3-4-6-9-30-31(23,24)25/h3-16H2,1-2H3,(H,19,21)(H2,23,24,25). The van der Waals surface area contributed by atoms with Crippen LogP contribution in [0.4, 0.5) is 0 Å². The summed E-state index contributed by atoms with van der Waals surface area (Å²) < 4.78 is 35.3. The molecular weight excluding hydrogens is 435 g/mol. The number of unbranched alkanes of at least 4 members (excludes halogenated alkanes) is 3. The Labute approximate surface area is 183 Å². The molecule has 0 fully saturated rings. The van der Waals surface area contributed by atoms with Gasteiger partial charge in [-0.3, -0.25) is 14.1 Å². The van der Waals surface area contributed by atoms with Gasteiger partial charge in [-0.15, -0.1) is 0 Å². The molecule has 2 amide bonds. The number of rotatable bonds is 21. The van der Waals surface area contributed by atoms with Crippen LogP contribution in [0.25, 0.3) is 0 Å². The molecule has 0 rings (SSSR count). The van der Waals surface area contributed by atoms with Gasteiger partial charge in [0.2, 0.25) is 11.8 Å². The highest BCUT2D eigenvalue weighted by Crippen LogP contribution is 2.35. The number of carbonyl (C=O) groups excluding carboxylic acids is 2. The van der Waals surface area contributed by atoms with Gasteiger partial charge in [0.1, 0.15) is 6.61 Å². The fourth-order valence-electron chi connectivity index (χ4n) is 2.33. The summed E-state index contributed by atoms with van der Waals surface area (Å²) in [6.07, 6.45) is 2.72. The summed E-state index contributed by atoms with van der Waals surface area (Å²) >= 11 is 0. The van der Waals surface area contributed by atoms with Crippen molar-refractivity contribution in [3.05, 3.63) is 0 Å². The number of ether oxygens (including phenoxy) is 4. The number of methoxy groups -OCH3 is 2. The van der Waals surface area contributed by atoms with Crippen LogP contribution in [0.3, 0.4) is 0 Å². The van der Waals surface area contributed by atoms with Crippen LogP contribution < -0.4 is 5.32 Å². The zero-order valence-corrected chi connectivity index (χ0v) is 19.3. The maximum Gasteiger partial charge on any atom is 0.469 e. The molecule has 0 aliphatic heterocycles. The van der Waals surface area contributed by atoms with E-state index in [1.165, 1.54) is 12.0 Å². The van der Waals surface area contributed by atoms with Crippen LogP contribution in [-0.4, -0.2) is 107 Å². The lowest BCUT2D eigenvalue weighted by Gasteiger charge is -2.22. The lowest BCUT2D eigenvalue weighted by Crippen LogP contribution is -2.44. The van der Waals surface area contributed by atoms with Crippen LogP contribution in [0.2, 0.25) is 0 Å². The number of phosphoric acid groups is 1. The summed E-state index contributed by atoms with van der Waals surface area (Å²) in [6, 6.07) is 0. The first kappa shape index (κ1) is 29.9. The van der Waals surface area contributed by atoms with Crippen molar-refractivity contribution in [3.63, 3.8) is 0 Å². The van der Waals surface area contributed by atoms with Crippen molar-refractivity contribution >= 4 is 19.6 Å². The number of nitrogens with zero attached hydrogens (tertiary/aromatic N) is 1. The number of amides is 2. The van der Waals surface area contributed by atoms with Crippen LogP contribution in [0.1, 0.15) is 25.7 Å².